The number of fused-ring (bicyclic) bond motifs is 1. The first-order chi connectivity index (χ1) is 15.8. The molecule has 2 amide bonds. The highest BCUT2D eigenvalue weighted by Gasteiger charge is 2.41. The topological polar surface area (TPSA) is 119 Å². The molecule has 3 N–H and O–H groups in total. The van der Waals surface area contributed by atoms with E-state index in [2.05, 4.69) is 15.3 Å². The summed E-state index contributed by atoms with van der Waals surface area (Å²) in [7, 11) is 0. The summed E-state index contributed by atoms with van der Waals surface area (Å²) in [6, 6.07) is -1.07. The van der Waals surface area contributed by atoms with Gasteiger partial charge < -0.3 is 20.4 Å². The van der Waals surface area contributed by atoms with Gasteiger partial charge >= 0.3 is 12.3 Å². The van der Waals surface area contributed by atoms with Gasteiger partial charge in [0.25, 0.3) is 5.92 Å². The second-order valence-corrected chi connectivity index (χ2v) is 8.48. The van der Waals surface area contributed by atoms with E-state index in [-0.39, 0.29) is 62.4 Å². The Labute approximate surface area is 192 Å². The van der Waals surface area contributed by atoms with Crippen molar-refractivity contribution in [1.82, 2.24) is 25.1 Å². The molecule has 2 aliphatic rings. The summed E-state index contributed by atoms with van der Waals surface area (Å²) in [6.07, 6.45) is -8.58. The quantitative estimate of drug-likeness (QED) is 0.496. The number of carbonyl (C=O) groups is 2. The molecule has 1 fully saturated rings. The highest BCUT2D eigenvalue weighted by molar-refractivity contribution is 5.77. The molecule has 190 valence electrons. The van der Waals surface area contributed by atoms with Crippen molar-refractivity contribution in [3.63, 3.8) is 0 Å². The lowest BCUT2D eigenvalue weighted by Crippen LogP contribution is -2.54. The van der Waals surface area contributed by atoms with E-state index in [1.54, 1.807) is 6.92 Å². The number of halogens is 5. The molecule has 2 atom stereocenters. The molecule has 14 heteroatoms. The van der Waals surface area contributed by atoms with E-state index in [0.717, 1.165) is 4.90 Å². The van der Waals surface area contributed by atoms with E-state index >= 15 is 0 Å². The Hall–Kier alpha value is -2.61. The third-order valence-electron chi connectivity index (χ3n) is 5.89. The van der Waals surface area contributed by atoms with Gasteiger partial charge in [-0.3, -0.25) is 9.69 Å². The van der Waals surface area contributed by atoms with Gasteiger partial charge in [0.1, 0.15) is 12.1 Å². The van der Waals surface area contributed by atoms with Gasteiger partial charge in [-0.25, -0.2) is 23.5 Å². The highest BCUT2D eigenvalue weighted by atomic mass is 19.4. The Morgan fingerprint density at radius 1 is 1.26 bits per heavy atom. The predicted molar refractivity (Wildman–Crippen MR) is 107 cm³/mol. The molecule has 0 radical (unpaired) electrons. The monoisotopic (exact) mass is 495 g/mol. The maximum absolute atomic E-state index is 13.7. The molecule has 0 bridgehead atoms. The van der Waals surface area contributed by atoms with Crippen molar-refractivity contribution in [3.8, 4) is 0 Å². The average Bonchev–Trinajstić information content (AvgIpc) is 2.73. The van der Waals surface area contributed by atoms with Crippen molar-refractivity contribution in [2.45, 2.75) is 69.9 Å². The van der Waals surface area contributed by atoms with Crippen LogP contribution in [0.1, 0.15) is 49.0 Å². The predicted octanol–water partition coefficient (Wildman–Crippen LogP) is 2.02. The lowest BCUT2D eigenvalue weighted by Gasteiger charge is -2.37. The summed E-state index contributed by atoms with van der Waals surface area (Å²) in [5.74, 6) is -3.63. The molecule has 1 saturated heterocycles. The Morgan fingerprint density at radius 3 is 2.59 bits per heavy atom. The fraction of sp³-hybridized carbons (Fsp3) is 0.700. The standard InChI is InChI=1S/C20H26F5N5O4/c1-2-14-27-13-9-29(6-4-12(13)17(28-14)20(23,24)25)16(32)7-11(26-18(33)34)8-30-10-19(21,22)5-3-15(30)31/h11,16,26,32H,2-10H2,1H3,(H,33,34)/t11-,16?/m0/s1. The Bertz CT molecular complexity index is 929. The molecule has 2 aliphatic heterocycles. The molecule has 0 saturated carbocycles. The number of carboxylic acid groups (broad SMARTS) is 1. The average molecular weight is 495 g/mol. The molecular weight excluding hydrogens is 469 g/mol. The first-order valence-electron chi connectivity index (χ1n) is 10.8. The Balaban J connectivity index is 1.74. The van der Waals surface area contributed by atoms with Crippen LogP contribution >= 0.6 is 0 Å². The van der Waals surface area contributed by atoms with Gasteiger partial charge in [-0.05, 0) is 6.42 Å². The van der Waals surface area contributed by atoms with Crippen LogP contribution in [0, 0.1) is 0 Å². The van der Waals surface area contributed by atoms with Gasteiger partial charge in [0, 0.05) is 50.9 Å². The molecule has 3 heterocycles. The molecule has 1 aromatic rings. The maximum Gasteiger partial charge on any atom is 0.433 e. The van der Waals surface area contributed by atoms with E-state index in [0.29, 0.717) is 0 Å². The van der Waals surface area contributed by atoms with E-state index in [1.807, 2.05) is 0 Å². The zero-order chi connectivity index (χ0) is 25.3. The van der Waals surface area contributed by atoms with Crippen LogP contribution in [0.4, 0.5) is 26.7 Å². The third-order valence-corrected chi connectivity index (χ3v) is 5.89. The fourth-order valence-corrected chi connectivity index (χ4v) is 4.23. The first kappa shape index (κ1) is 26.0. The number of carbonyl (C=O) groups excluding carboxylic acids is 1. The summed E-state index contributed by atoms with van der Waals surface area (Å²) in [5, 5.41) is 22.0. The normalized spacial score (nSPS) is 20.6. The van der Waals surface area contributed by atoms with Crippen molar-refractivity contribution < 1.29 is 41.8 Å². The minimum atomic E-state index is -4.66. The summed E-state index contributed by atoms with van der Waals surface area (Å²) < 4.78 is 67.8. The maximum atomic E-state index is 13.7. The van der Waals surface area contributed by atoms with E-state index < -0.39 is 55.0 Å². The Kier molecular flexibility index (Phi) is 7.60. The van der Waals surface area contributed by atoms with Crippen molar-refractivity contribution in [3.05, 3.63) is 22.8 Å². The molecule has 1 aromatic heterocycles. The molecule has 34 heavy (non-hydrogen) atoms. The van der Waals surface area contributed by atoms with Gasteiger partial charge in [-0.1, -0.05) is 6.92 Å². The largest absolute Gasteiger partial charge is 0.465 e. The number of nitrogens with one attached hydrogen (secondary N) is 1. The summed E-state index contributed by atoms with van der Waals surface area (Å²) in [6.45, 7) is 0.281. The minimum absolute atomic E-state index is 0.0115. The summed E-state index contributed by atoms with van der Waals surface area (Å²) in [5.41, 5.74) is -0.925. The first-order valence-corrected chi connectivity index (χ1v) is 10.8. The molecule has 0 aliphatic carbocycles. The second-order valence-electron chi connectivity index (χ2n) is 8.48. The van der Waals surface area contributed by atoms with Crippen molar-refractivity contribution in [2.75, 3.05) is 19.6 Å². The van der Waals surface area contributed by atoms with Crippen LogP contribution in [0.3, 0.4) is 0 Å². The highest BCUT2D eigenvalue weighted by Crippen LogP contribution is 2.34. The second kappa shape index (κ2) is 9.94. The number of aliphatic hydroxyl groups excluding tert-OH is 1. The minimum Gasteiger partial charge on any atom is -0.465 e. The smallest absolute Gasteiger partial charge is 0.433 e. The molecule has 1 unspecified atom stereocenters. The van der Waals surface area contributed by atoms with Gasteiger partial charge in [0.05, 0.1) is 18.3 Å². The van der Waals surface area contributed by atoms with Crippen LogP contribution in [0.25, 0.3) is 0 Å². The SMILES string of the molecule is CCc1nc2c(c(C(F)(F)F)n1)CCN(C(O)C[C@@H](CN1CC(F)(F)CCC1=O)NC(=O)O)C2. The lowest BCUT2D eigenvalue weighted by atomic mass is 10.0. The molecule has 9 nitrogen and oxygen atoms in total. The zero-order valence-electron chi connectivity index (χ0n) is 18.4. The van der Waals surface area contributed by atoms with Crippen molar-refractivity contribution in [1.29, 1.82) is 0 Å². The number of hydrogen-bond acceptors (Lipinski definition) is 6. The van der Waals surface area contributed by atoms with Gasteiger partial charge in [0.15, 0.2) is 5.69 Å². The van der Waals surface area contributed by atoms with Crippen molar-refractivity contribution in [2.24, 2.45) is 0 Å². The van der Waals surface area contributed by atoms with Gasteiger partial charge in [-0.15, -0.1) is 0 Å². The number of aryl methyl sites for hydroxylation is 1. The molecule has 3 rings (SSSR count). The number of hydrogen-bond donors (Lipinski definition) is 3. The molecule has 0 spiro atoms. The van der Waals surface area contributed by atoms with Crippen molar-refractivity contribution >= 4 is 12.0 Å². The van der Waals surface area contributed by atoms with Crippen LogP contribution in [-0.4, -0.2) is 79.8 Å². The van der Waals surface area contributed by atoms with Crippen LogP contribution in [-0.2, 0) is 30.4 Å². The number of piperidine rings is 1. The molecule has 0 aromatic carbocycles. The van der Waals surface area contributed by atoms with Crippen LogP contribution in [0.15, 0.2) is 0 Å². The van der Waals surface area contributed by atoms with Gasteiger partial charge in [-0.2, -0.15) is 13.2 Å². The van der Waals surface area contributed by atoms with Crippen LogP contribution < -0.4 is 5.32 Å². The number of amides is 2. The number of aromatic nitrogens is 2. The molecular formula is C20H26F5N5O4. The Morgan fingerprint density at radius 2 is 1.97 bits per heavy atom. The third kappa shape index (κ3) is 6.29. The van der Waals surface area contributed by atoms with E-state index in [4.69, 9.17) is 5.11 Å². The lowest BCUT2D eigenvalue weighted by molar-refractivity contribution is -0.148. The number of alkyl halides is 5. The number of likely N-dealkylation sites (tertiary alicyclic amines) is 1. The summed E-state index contributed by atoms with van der Waals surface area (Å²) >= 11 is 0. The summed E-state index contributed by atoms with van der Waals surface area (Å²) in [4.78, 5) is 33.3. The van der Waals surface area contributed by atoms with E-state index in [9.17, 15) is 36.6 Å². The van der Waals surface area contributed by atoms with E-state index in [1.165, 1.54) is 4.90 Å². The van der Waals surface area contributed by atoms with Crippen LogP contribution in [0.2, 0.25) is 0 Å². The number of aliphatic hydroxyl groups is 1. The number of nitrogens with zero attached hydrogens (tertiary/aromatic N) is 4. The zero-order valence-corrected chi connectivity index (χ0v) is 18.4. The van der Waals surface area contributed by atoms with Gasteiger partial charge in [0.2, 0.25) is 5.91 Å². The number of rotatable bonds is 7. The van der Waals surface area contributed by atoms with Crippen LogP contribution in [0.5, 0.6) is 0 Å². The fourth-order valence-electron chi connectivity index (χ4n) is 4.23.